The van der Waals surface area contributed by atoms with Gasteiger partial charge in [0.2, 0.25) is 0 Å². The van der Waals surface area contributed by atoms with E-state index in [0.717, 1.165) is 25.0 Å². The highest BCUT2D eigenvalue weighted by Crippen LogP contribution is 2.42. The maximum absolute atomic E-state index is 15.6. The van der Waals surface area contributed by atoms with Gasteiger partial charge in [-0.3, -0.25) is 9.20 Å². The molecule has 9 heteroatoms. The van der Waals surface area contributed by atoms with E-state index in [4.69, 9.17) is 27.1 Å². The Labute approximate surface area is 209 Å². The Kier molecular flexibility index (Phi) is 6.11. The second-order valence-electron chi connectivity index (χ2n) is 10.2. The number of likely N-dealkylation sites (tertiary alicyclic amines) is 1. The van der Waals surface area contributed by atoms with E-state index in [1.807, 2.05) is 32.1 Å². The molecule has 0 radical (unpaired) electrons. The molecule has 3 unspecified atom stereocenters. The smallest absolute Gasteiger partial charge is 0.260 e. The zero-order chi connectivity index (χ0) is 25.0. The number of ether oxygens (including phenoxy) is 1. The topological polar surface area (TPSA) is 85.8 Å². The number of piperidine rings is 1. The van der Waals surface area contributed by atoms with Crippen LogP contribution in [0.25, 0.3) is 5.52 Å². The summed E-state index contributed by atoms with van der Waals surface area (Å²) in [7, 11) is 0. The maximum Gasteiger partial charge on any atom is 0.260 e. The van der Waals surface area contributed by atoms with E-state index in [1.165, 1.54) is 0 Å². The molecule has 3 aromatic rings. The minimum atomic E-state index is -0.737. The van der Waals surface area contributed by atoms with Gasteiger partial charge in [-0.1, -0.05) is 18.5 Å². The van der Waals surface area contributed by atoms with Crippen molar-refractivity contribution in [1.29, 1.82) is 0 Å². The lowest BCUT2D eigenvalue weighted by Gasteiger charge is -2.33. The number of halogens is 2. The molecule has 1 aliphatic heterocycles. The third kappa shape index (κ3) is 4.11. The first-order valence-corrected chi connectivity index (χ1v) is 12.6. The minimum absolute atomic E-state index is 0.0897. The highest BCUT2D eigenvalue weighted by molar-refractivity contribution is 6.31. The first-order chi connectivity index (χ1) is 16.7. The number of aromatic nitrogens is 3. The summed E-state index contributed by atoms with van der Waals surface area (Å²) in [5.74, 6) is 0.779. The molecule has 1 saturated heterocycles. The Balaban J connectivity index is 1.65. The van der Waals surface area contributed by atoms with Crippen molar-refractivity contribution >= 4 is 28.8 Å². The molecule has 186 valence electrons. The quantitative estimate of drug-likeness (QED) is 0.520. The highest BCUT2D eigenvalue weighted by Gasteiger charge is 2.38. The second kappa shape index (κ2) is 8.97. The molecule has 2 aliphatic rings. The largest absolute Gasteiger partial charge is 0.490 e. The fourth-order valence-corrected chi connectivity index (χ4v) is 5.96. The summed E-state index contributed by atoms with van der Waals surface area (Å²) in [6.07, 6.45) is 6.51. The molecule has 5 rings (SSSR count). The average molecular weight is 500 g/mol. The SMILES string of the molecule is Cc1nc(C(C)c2cc(Cl)c(F)c(C(=O)N3CC4CCC(C4)C3)c2OC(C)C)n2ccnc(N)c12. The van der Waals surface area contributed by atoms with Crippen LogP contribution in [0.2, 0.25) is 5.02 Å². The molecule has 1 saturated carbocycles. The van der Waals surface area contributed by atoms with Crippen molar-refractivity contribution in [1.82, 2.24) is 19.3 Å². The van der Waals surface area contributed by atoms with Crippen LogP contribution in [0.5, 0.6) is 5.75 Å². The zero-order valence-electron chi connectivity index (χ0n) is 20.5. The predicted octanol–water partition coefficient (Wildman–Crippen LogP) is 5.22. The lowest BCUT2D eigenvalue weighted by atomic mass is 9.94. The molecule has 2 N–H and O–H groups in total. The molecule has 7 nitrogen and oxygen atoms in total. The summed E-state index contributed by atoms with van der Waals surface area (Å²) in [5.41, 5.74) is 8.07. The van der Waals surface area contributed by atoms with Crippen molar-refractivity contribution in [2.24, 2.45) is 11.8 Å². The lowest BCUT2D eigenvalue weighted by Crippen LogP contribution is -2.41. The van der Waals surface area contributed by atoms with E-state index < -0.39 is 5.82 Å². The zero-order valence-corrected chi connectivity index (χ0v) is 21.3. The van der Waals surface area contributed by atoms with Gasteiger partial charge in [-0.25, -0.2) is 14.4 Å². The molecule has 3 atom stereocenters. The Morgan fingerprint density at radius 1 is 1.26 bits per heavy atom. The van der Waals surface area contributed by atoms with E-state index in [0.29, 0.717) is 47.6 Å². The number of carbonyl (C=O) groups is 1. The van der Waals surface area contributed by atoms with Crippen molar-refractivity contribution < 1.29 is 13.9 Å². The summed E-state index contributed by atoms with van der Waals surface area (Å²) in [6, 6.07) is 1.55. The van der Waals surface area contributed by atoms with Crippen LogP contribution >= 0.6 is 11.6 Å². The molecule has 0 spiro atoms. The number of nitrogens with zero attached hydrogens (tertiary/aromatic N) is 4. The van der Waals surface area contributed by atoms with Gasteiger partial charge in [-0.2, -0.15) is 0 Å². The van der Waals surface area contributed by atoms with Crippen molar-refractivity contribution in [3.05, 3.63) is 51.9 Å². The number of nitrogen functional groups attached to an aromatic ring is 1. The minimum Gasteiger partial charge on any atom is -0.490 e. The normalized spacial score (nSPS) is 20.6. The molecule has 3 heterocycles. The van der Waals surface area contributed by atoms with Crippen LogP contribution in [0.15, 0.2) is 18.5 Å². The summed E-state index contributed by atoms with van der Waals surface area (Å²) in [6.45, 7) is 8.81. The summed E-state index contributed by atoms with van der Waals surface area (Å²) < 4.78 is 23.6. The van der Waals surface area contributed by atoms with Gasteiger partial charge in [0.15, 0.2) is 5.82 Å². The molecular formula is C26H31ClFN5O2. The third-order valence-electron chi connectivity index (χ3n) is 7.30. The number of fused-ring (bicyclic) bond motifs is 3. The summed E-state index contributed by atoms with van der Waals surface area (Å²) in [4.78, 5) is 24.5. The monoisotopic (exact) mass is 499 g/mol. The van der Waals surface area contributed by atoms with Gasteiger partial charge >= 0.3 is 0 Å². The number of imidazole rings is 1. The summed E-state index contributed by atoms with van der Waals surface area (Å²) >= 11 is 6.40. The first-order valence-electron chi connectivity index (χ1n) is 12.2. The van der Waals surface area contributed by atoms with Crippen LogP contribution in [0.1, 0.15) is 73.4 Å². The van der Waals surface area contributed by atoms with Crippen molar-refractivity contribution in [3.63, 3.8) is 0 Å². The number of nitrogens with two attached hydrogens (primary N) is 1. The fourth-order valence-electron chi connectivity index (χ4n) is 5.75. The Morgan fingerprint density at radius 3 is 2.60 bits per heavy atom. The molecule has 2 aromatic heterocycles. The van der Waals surface area contributed by atoms with Gasteiger partial charge in [-0.15, -0.1) is 0 Å². The number of hydrogen-bond acceptors (Lipinski definition) is 5. The van der Waals surface area contributed by atoms with Gasteiger partial charge in [0, 0.05) is 37.0 Å². The van der Waals surface area contributed by atoms with Crippen molar-refractivity contribution in [2.45, 2.75) is 59.0 Å². The van der Waals surface area contributed by atoms with Crippen LogP contribution in [0.3, 0.4) is 0 Å². The molecular weight excluding hydrogens is 469 g/mol. The van der Waals surface area contributed by atoms with Crippen LogP contribution in [0.4, 0.5) is 10.2 Å². The number of anilines is 1. The van der Waals surface area contributed by atoms with Crippen molar-refractivity contribution in [2.75, 3.05) is 18.8 Å². The number of benzene rings is 1. The lowest BCUT2D eigenvalue weighted by molar-refractivity contribution is 0.0650. The Bertz CT molecular complexity index is 1290. The third-order valence-corrected chi connectivity index (χ3v) is 7.58. The second-order valence-corrected chi connectivity index (χ2v) is 10.6. The van der Waals surface area contributed by atoms with Gasteiger partial charge in [0.05, 0.1) is 16.8 Å². The predicted molar refractivity (Wildman–Crippen MR) is 134 cm³/mol. The van der Waals surface area contributed by atoms with Crippen LogP contribution in [-0.4, -0.2) is 44.4 Å². The van der Waals surface area contributed by atoms with Crippen LogP contribution in [0, 0.1) is 24.6 Å². The van der Waals surface area contributed by atoms with Gasteiger partial charge < -0.3 is 15.4 Å². The Morgan fingerprint density at radius 2 is 1.94 bits per heavy atom. The fraction of sp³-hybridized carbons (Fsp3) is 0.500. The van der Waals surface area contributed by atoms with E-state index in [-0.39, 0.29) is 34.3 Å². The summed E-state index contributed by atoms with van der Waals surface area (Å²) in [5, 5.41) is -0.106. The number of rotatable bonds is 5. The molecule has 1 aromatic carbocycles. The number of amides is 1. The highest BCUT2D eigenvalue weighted by atomic mass is 35.5. The number of aryl methyl sites for hydroxylation is 1. The van der Waals surface area contributed by atoms with E-state index in [2.05, 4.69) is 4.98 Å². The van der Waals surface area contributed by atoms with E-state index in [1.54, 1.807) is 23.4 Å². The van der Waals surface area contributed by atoms with Gasteiger partial charge in [0.25, 0.3) is 5.91 Å². The van der Waals surface area contributed by atoms with E-state index in [9.17, 15) is 4.79 Å². The molecule has 2 bridgehead atoms. The van der Waals surface area contributed by atoms with E-state index >= 15 is 4.39 Å². The molecule has 1 amide bonds. The van der Waals surface area contributed by atoms with Gasteiger partial charge in [0.1, 0.15) is 28.5 Å². The molecule has 1 aliphatic carbocycles. The van der Waals surface area contributed by atoms with Crippen molar-refractivity contribution in [3.8, 4) is 5.75 Å². The van der Waals surface area contributed by atoms with Crippen LogP contribution < -0.4 is 10.5 Å². The molecule has 2 fully saturated rings. The maximum atomic E-state index is 15.6. The number of carbonyl (C=O) groups excluding carboxylic acids is 1. The standard InChI is InChI=1S/C26H31ClFN5O2/c1-13(2)35-23-18(14(3)25-31-15(4)22-24(29)30-7-8-33(22)25)10-19(27)21(28)20(23)26(34)32-11-16-5-6-17(9-16)12-32/h7-8,10,13-14,16-17H,5-6,9,11-12H2,1-4H3,(H2,29,30). The average Bonchev–Trinajstić information content (AvgIpc) is 3.33. The molecule has 35 heavy (non-hydrogen) atoms. The number of hydrogen-bond donors (Lipinski definition) is 1. The Hall–Kier alpha value is -2.87. The van der Waals surface area contributed by atoms with Crippen LogP contribution in [-0.2, 0) is 0 Å². The van der Waals surface area contributed by atoms with Gasteiger partial charge in [-0.05, 0) is 57.9 Å². The first kappa shape index (κ1) is 23.9.